The van der Waals surface area contributed by atoms with E-state index in [0.29, 0.717) is 11.1 Å². The van der Waals surface area contributed by atoms with Gasteiger partial charge in [-0.15, -0.1) is 0 Å². The largest absolute Gasteiger partial charge is 0.465 e. The average Bonchev–Trinajstić information content (AvgIpc) is 2.78. The van der Waals surface area contributed by atoms with Crippen molar-refractivity contribution in [3.05, 3.63) is 35.5 Å². The third kappa shape index (κ3) is 1.58. The van der Waals surface area contributed by atoms with Crippen LogP contribution in [0.25, 0.3) is 17.0 Å². The van der Waals surface area contributed by atoms with Crippen molar-refractivity contribution in [1.82, 2.24) is 10.2 Å². The van der Waals surface area contributed by atoms with Crippen LogP contribution in [0.5, 0.6) is 0 Å². The van der Waals surface area contributed by atoms with Crippen LogP contribution >= 0.6 is 0 Å². The molecule has 0 saturated heterocycles. The maximum absolute atomic E-state index is 11.5. The Labute approximate surface area is 92.9 Å². The van der Waals surface area contributed by atoms with Crippen LogP contribution in [-0.2, 0) is 4.74 Å². The molecule has 0 aliphatic carbocycles. The summed E-state index contributed by atoms with van der Waals surface area (Å²) >= 11 is 0. The Hall–Kier alpha value is -2.10. The third-order valence-corrected chi connectivity index (χ3v) is 2.40. The first-order valence-corrected chi connectivity index (χ1v) is 4.95. The molecule has 1 heterocycles. The van der Waals surface area contributed by atoms with Crippen LogP contribution < -0.4 is 0 Å². The van der Waals surface area contributed by atoms with Gasteiger partial charge in [0.15, 0.2) is 0 Å². The molecular formula is C12H12N2O2. The van der Waals surface area contributed by atoms with Crippen molar-refractivity contribution in [1.29, 1.82) is 0 Å². The first-order valence-electron chi connectivity index (χ1n) is 4.95. The molecule has 0 atom stereocenters. The highest BCUT2D eigenvalue weighted by molar-refractivity contribution is 6.04. The van der Waals surface area contributed by atoms with Gasteiger partial charge in [0.2, 0.25) is 0 Å². The van der Waals surface area contributed by atoms with Gasteiger partial charge in [0.05, 0.1) is 24.4 Å². The lowest BCUT2D eigenvalue weighted by Crippen LogP contribution is -2.02. The number of hydrogen-bond acceptors (Lipinski definition) is 3. The zero-order chi connectivity index (χ0) is 11.5. The van der Waals surface area contributed by atoms with E-state index in [1.165, 1.54) is 7.11 Å². The summed E-state index contributed by atoms with van der Waals surface area (Å²) in [6.45, 7) is 1.94. The number of methoxy groups -OCH3 is 1. The minimum absolute atomic E-state index is 0.360. The molecule has 1 aromatic heterocycles. The fourth-order valence-electron chi connectivity index (χ4n) is 1.66. The molecule has 0 radical (unpaired) electrons. The number of H-pyrrole nitrogens is 1. The van der Waals surface area contributed by atoms with E-state index >= 15 is 0 Å². The molecule has 0 fully saturated rings. The van der Waals surface area contributed by atoms with Crippen LogP contribution in [-0.4, -0.2) is 23.3 Å². The number of rotatable bonds is 2. The Balaban J connectivity index is 2.68. The summed E-state index contributed by atoms with van der Waals surface area (Å²) in [6, 6.07) is 3.62. The number of hydrogen-bond donors (Lipinski definition) is 1. The fraction of sp³-hybridized carbons (Fsp3) is 0.167. The van der Waals surface area contributed by atoms with Gasteiger partial charge >= 0.3 is 5.97 Å². The highest BCUT2D eigenvalue weighted by atomic mass is 16.5. The topological polar surface area (TPSA) is 55.0 Å². The van der Waals surface area contributed by atoms with Gasteiger partial charge in [0.1, 0.15) is 0 Å². The predicted molar refractivity (Wildman–Crippen MR) is 62.1 cm³/mol. The van der Waals surface area contributed by atoms with Crippen molar-refractivity contribution in [2.24, 2.45) is 0 Å². The molecule has 16 heavy (non-hydrogen) atoms. The molecule has 1 N–H and O–H groups in total. The molecule has 2 aromatic rings. The minimum atomic E-state index is -0.360. The van der Waals surface area contributed by atoms with Gasteiger partial charge in [-0.3, -0.25) is 5.10 Å². The summed E-state index contributed by atoms with van der Waals surface area (Å²) in [4.78, 5) is 11.5. The Morgan fingerprint density at radius 3 is 3.00 bits per heavy atom. The van der Waals surface area contributed by atoms with E-state index in [2.05, 4.69) is 10.2 Å². The fourth-order valence-corrected chi connectivity index (χ4v) is 1.66. The van der Waals surface area contributed by atoms with Crippen LogP contribution in [0.15, 0.2) is 24.4 Å². The van der Waals surface area contributed by atoms with Crippen LogP contribution in [0.3, 0.4) is 0 Å². The quantitative estimate of drug-likeness (QED) is 0.784. The molecule has 0 spiro atoms. The number of benzene rings is 1. The lowest BCUT2D eigenvalue weighted by atomic mass is 10.1. The zero-order valence-electron chi connectivity index (χ0n) is 9.15. The standard InChI is InChI=1S/C12H12N2O2/c1-3-4-8-5-6-9(12(15)16-2)11-10(8)7-13-14-11/h3-7H,1-2H3,(H,13,14). The number of fused-ring (bicyclic) bond motifs is 1. The monoisotopic (exact) mass is 216 g/mol. The first-order chi connectivity index (χ1) is 7.77. The molecule has 0 bridgehead atoms. The summed E-state index contributed by atoms with van der Waals surface area (Å²) in [5, 5.41) is 7.69. The van der Waals surface area contributed by atoms with E-state index < -0.39 is 0 Å². The van der Waals surface area contributed by atoms with E-state index in [-0.39, 0.29) is 5.97 Å². The molecule has 0 aliphatic rings. The van der Waals surface area contributed by atoms with Crippen molar-refractivity contribution in [2.45, 2.75) is 6.92 Å². The molecule has 4 nitrogen and oxygen atoms in total. The van der Waals surface area contributed by atoms with Gasteiger partial charge < -0.3 is 4.74 Å². The molecule has 0 aliphatic heterocycles. The number of allylic oxidation sites excluding steroid dienone is 1. The molecule has 1 aromatic carbocycles. The van der Waals surface area contributed by atoms with Gasteiger partial charge in [-0.2, -0.15) is 5.10 Å². The molecule has 82 valence electrons. The van der Waals surface area contributed by atoms with Gasteiger partial charge in [-0.05, 0) is 18.6 Å². The molecule has 2 rings (SSSR count). The van der Waals surface area contributed by atoms with Crippen molar-refractivity contribution in [3.63, 3.8) is 0 Å². The summed E-state index contributed by atoms with van der Waals surface area (Å²) in [5.41, 5.74) is 2.24. The second kappa shape index (κ2) is 4.18. The normalized spacial score (nSPS) is 11.1. The van der Waals surface area contributed by atoms with Crippen LogP contribution in [0, 0.1) is 0 Å². The number of carbonyl (C=O) groups excluding carboxylic acids is 1. The number of esters is 1. The van der Waals surface area contributed by atoms with Gasteiger partial charge in [0, 0.05) is 5.39 Å². The summed E-state index contributed by atoms with van der Waals surface area (Å²) in [7, 11) is 1.37. The third-order valence-electron chi connectivity index (χ3n) is 2.40. The van der Waals surface area contributed by atoms with Crippen molar-refractivity contribution >= 4 is 22.9 Å². The van der Waals surface area contributed by atoms with Crippen molar-refractivity contribution in [3.8, 4) is 0 Å². The van der Waals surface area contributed by atoms with Gasteiger partial charge in [-0.1, -0.05) is 18.2 Å². The predicted octanol–water partition coefficient (Wildman–Crippen LogP) is 2.38. The molecule has 0 saturated carbocycles. The zero-order valence-corrected chi connectivity index (χ0v) is 9.15. The van der Waals surface area contributed by atoms with E-state index in [4.69, 9.17) is 4.74 Å². The van der Waals surface area contributed by atoms with Gasteiger partial charge in [-0.25, -0.2) is 4.79 Å². The van der Waals surface area contributed by atoms with Gasteiger partial charge in [0.25, 0.3) is 0 Å². The Morgan fingerprint density at radius 1 is 1.50 bits per heavy atom. The van der Waals surface area contributed by atoms with Crippen LogP contribution in [0.1, 0.15) is 22.8 Å². The Morgan fingerprint density at radius 2 is 2.31 bits per heavy atom. The maximum atomic E-state index is 11.5. The summed E-state index contributed by atoms with van der Waals surface area (Å²) in [5.74, 6) is -0.360. The second-order valence-corrected chi connectivity index (χ2v) is 3.35. The maximum Gasteiger partial charge on any atom is 0.340 e. The smallest absolute Gasteiger partial charge is 0.340 e. The van der Waals surface area contributed by atoms with E-state index in [0.717, 1.165) is 10.9 Å². The van der Waals surface area contributed by atoms with Crippen LogP contribution in [0.4, 0.5) is 0 Å². The van der Waals surface area contributed by atoms with E-state index in [1.54, 1.807) is 12.3 Å². The summed E-state index contributed by atoms with van der Waals surface area (Å²) < 4.78 is 4.71. The minimum Gasteiger partial charge on any atom is -0.465 e. The Bertz CT molecular complexity index is 555. The highest BCUT2D eigenvalue weighted by Crippen LogP contribution is 2.22. The van der Waals surface area contributed by atoms with E-state index in [1.807, 2.05) is 25.1 Å². The number of nitrogens with zero attached hydrogens (tertiary/aromatic N) is 1. The average molecular weight is 216 g/mol. The molecule has 0 unspecified atom stereocenters. The molecule has 4 heteroatoms. The number of aromatic amines is 1. The first kappa shape index (κ1) is 10.4. The number of nitrogens with one attached hydrogen (secondary N) is 1. The lowest BCUT2D eigenvalue weighted by molar-refractivity contribution is 0.0603. The number of aromatic nitrogens is 2. The SMILES string of the molecule is CC=Cc1ccc(C(=O)OC)c2[nH]ncc12. The number of ether oxygens (including phenoxy) is 1. The number of carbonyl (C=O) groups is 1. The Kier molecular flexibility index (Phi) is 2.72. The summed E-state index contributed by atoms with van der Waals surface area (Å²) in [6.07, 6.45) is 5.62. The van der Waals surface area contributed by atoms with Crippen LogP contribution in [0.2, 0.25) is 0 Å². The van der Waals surface area contributed by atoms with Crippen molar-refractivity contribution < 1.29 is 9.53 Å². The van der Waals surface area contributed by atoms with E-state index in [9.17, 15) is 4.79 Å². The highest BCUT2D eigenvalue weighted by Gasteiger charge is 2.13. The molecule has 0 amide bonds. The molecular weight excluding hydrogens is 204 g/mol. The second-order valence-electron chi connectivity index (χ2n) is 3.35. The lowest BCUT2D eigenvalue weighted by Gasteiger charge is -2.02. The van der Waals surface area contributed by atoms with Crippen molar-refractivity contribution in [2.75, 3.05) is 7.11 Å².